The predicted molar refractivity (Wildman–Crippen MR) is 70.5 cm³/mol. The summed E-state index contributed by atoms with van der Waals surface area (Å²) in [5.41, 5.74) is 1.17. The summed E-state index contributed by atoms with van der Waals surface area (Å²) in [7, 11) is 0. The second kappa shape index (κ2) is 4.01. The lowest BCUT2D eigenvalue weighted by molar-refractivity contribution is 0.0399. The van der Waals surface area contributed by atoms with Crippen LogP contribution in [0.2, 0.25) is 0 Å². The Bertz CT molecular complexity index is 253. The van der Waals surface area contributed by atoms with Crippen molar-refractivity contribution in [3.63, 3.8) is 0 Å². The van der Waals surface area contributed by atoms with E-state index in [4.69, 9.17) is 0 Å². The van der Waals surface area contributed by atoms with Crippen LogP contribution >= 0.6 is 0 Å². The molecule has 0 aromatic heterocycles. The van der Waals surface area contributed by atoms with Crippen LogP contribution in [0, 0.1) is 22.7 Å². The minimum absolute atomic E-state index is 0.551. The molecule has 0 aromatic rings. The Kier molecular flexibility index (Phi) is 3.11. The van der Waals surface area contributed by atoms with Gasteiger partial charge in [-0.05, 0) is 54.9 Å². The van der Waals surface area contributed by atoms with E-state index in [2.05, 4.69) is 39.9 Å². The molecule has 0 aliphatic heterocycles. The molecule has 2 bridgehead atoms. The Labute approximate surface area is 101 Å². The summed E-state index contributed by atoms with van der Waals surface area (Å²) in [5, 5.41) is 3.74. The molecular weight excluding hydrogens is 194 g/mol. The summed E-state index contributed by atoms with van der Waals surface area (Å²) in [6, 6.07) is 0.732. The van der Waals surface area contributed by atoms with Crippen molar-refractivity contribution >= 4 is 0 Å². The molecule has 1 N–H and O–H groups in total. The van der Waals surface area contributed by atoms with Gasteiger partial charge in [0.25, 0.3) is 0 Å². The highest BCUT2D eigenvalue weighted by Gasteiger charge is 2.60. The third-order valence-electron chi connectivity index (χ3n) is 5.69. The van der Waals surface area contributed by atoms with Crippen molar-refractivity contribution in [1.82, 2.24) is 5.32 Å². The lowest BCUT2D eigenvalue weighted by atomic mass is 9.60. The Balaban J connectivity index is 2.24. The highest BCUT2D eigenvalue weighted by Crippen LogP contribution is 2.67. The van der Waals surface area contributed by atoms with Crippen molar-refractivity contribution in [2.45, 2.75) is 66.3 Å². The van der Waals surface area contributed by atoms with Crippen LogP contribution in [0.1, 0.15) is 60.3 Å². The van der Waals surface area contributed by atoms with Gasteiger partial charge in [-0.1, -0.05) is 34.6 Å². The Morgan fingerprint density at radius 3 is 2.38 bits per heavy atom. The first-order valence-electron chi connectivity index (χ1n) is 7.19. The van der Waals surface area contributed by atoms with E-state index in [-0.39, 0.29) is 0 Å². The maximum atomic E-state index is 3.74. The van der Waals surface area contributed by atoms with Gasteiger partial charge in [0.1, 0.15) is 0 Å². The van der Waals surface area contributed by atoms with E-state index in [1.54, 1.807) is 0 Å². The van der Waals surface area contributed by atoms with Gasteiger partial charge in [-0.3, -0.25) is 0 Å². The molecular formula is C15H29N. The van der Waals surface area contributed by atoms with Crippen molar-refractivity contribution in [3.8, 4) is 0 Å². The molecule has 4 atom stereocenters. The molecule has 2 rings (SSSR count). The summed E-state index contributed by atoms with van der Waals surface area (Å²) < 4.78 is 0. The third kappa shape index (κ3) is 1.63. The summed E-state index contributed by atoms with van der Waals surface area (Å²) in [6.07, 6.45) is 5.70. The largest absolute Gasteiger partial charge is 0.314 e. The minimum atomic E-state index is 0.551. The highest BCUT2D eigenvalue weighted by atomic mass is 14.9. The molecule has 94 valence electrons. The average molecular weight is 223 g/mol. The first-order chi connectivity index (χ1) is 7.45. The van der Waals surface area contributed by atoms with Gasteiger partial charge in [-0.15, -0.1) is 0 Å². The van der Waals surface area contributed by atoms with Gasteiger partial charge in [0, 0.05) is 6.04 Å². The molecule has 1 heteroatoms. The van der Waals surface area contributed by atoms with Gasteiger partial charge < -0.3 is 5.32 Å². The van der Waals surface area contributed by atoms with Crippen LogP contribution in [0.3, 0.4) is 0 Å². The number of rotatable bonds is 4. The zero-order chi connectivity index (χ0) is 12.0. The molecule has 2 fully saturated rings. The summed E-state index contributed by atoms with van der Waals surface area (Å²) in [4.78, 5) is 0. The predicted octanol–water partition coefficient (Wildman–Crippen LogP) is 3.84. The fraction of sp³-hybridized carbons (Fsp3) is 1.00. The van der Waals surface area contributed by atoms with Gasteiger partial charge in [-0.25, -0.2) is 0 Å². The van der Waals surface area contributed by atoms with Crippen LogP contribution < -0.4 is 5.32 Å². The molecule has 1 nitrogen and oxygen atoms in total. The van der Waals surface area contributed by atoms with Gasteiger partial charge in [0.15, 0.2) is 0 Å². The van der Waals surface area contributed by atoms with Crippen molar-refractivity contribution in [2.75, 3.05) is 6.54 Å². The normalized spacial score (nSPS) is 42.6. The van der Waals surface area contributed by atoms with E-state index in [1.165, 1.54) is 25.7 Å². The molecule has 0 radical (unpaired) electrons. The Morgan fingerprint density at radius 1 is 1.25 bits per heavy atom. The first-order valence-corrected chi connectivity index (χ1v) is 7.19. The molecule has 16 heavy (non-hydrogen) atoms. The summed E-state index contributed by atoms with van der Waals surface area (Å²) in [5.74, 6) is 1.86. The van der Waals surface area contributed by atoms with Crippen LogP contribution in [0.15, 0.2) is 0 Å². The molecule has 0 amide bonds. The molecule has 0 spiro atoms. The van der Waals surface area contributed by atoms with E-state index in [1.807, 2.05) is 0 Å². The van der Waals surface area contributed by atoms with Gasteiger partial charge >= 0.3 is 0 Å². The molecule has 0 heterocycles. The number of hydrogen-bond donors (Lipinski definition) is 1. The smallest absolute Gasteiger partial charge is 0.0103 e. The molecule has 0 aromatic carbocycles. The van der Waals surface area contributed by atoms with Gasteiger partial charge in [-0.2, -0.15) is 0 Å². The fourth-order valence-electron chi connectivity index (χ4n) is 5.10. The monoisotopic (exact) mass is 223 g/mol. The van der Waals surface area contributed by atoms with Gasteiger partial charge in [0.05, 0.1) is 0 Å². The maximum Gasteiger partial charge on any atom is 0.0103 e. The molecule has 0 saturated heterocycles. The van der Waals surface area contributed by atoms with Crippen LogP contribution in [0.5, 0.6) is 0 Å². The van der Waals surface area contributed by atoms with E-state index >= 15 is 0 Å². The third-order valence-corrected chi connectivity index (χ3v) is 5.69. The minimum Gasteiger partial charge on any atom is -0.314 e. The van der Waals surface area contributed by atoms with E-state index in [0.717, 1.165) is 24.4 Å². The first kappa shape index (κ1) is 12.4. The lowest BCUT2D eigenvalue weighted by Gasteiger charge is -2.47. The number of nitrogens with one attached hydrogen (secondary N) is 1. The SMILES string of the molecule is CCNC(CC)C1C2(C)CCC(C2)C1(C)C. The second-order valence-electron chi connectivity index (χ2n) is 6.97. The average Bonchev–Trinajstić information content (AvgIpc) is 2.67. The maximum absolute atomic E-state index is 3.74. The number of hydrogen-bond acceptors (Lipinski definition) is 1. The highest BCUT2D eigenvalue weighted by molar-refractivity contribution is 5.11. The molecule has 2 aliphatic carbocycles. The van der Waals surface area contributed by atoms with Crippen molar-refractivity contribution in [2.24, 2.45) is 22.7 Å². The standard InChI is InChI=1S/C15H29N/c1-6-12(16-7-2)13-14(3,4)11-8-9-15(13,5)10-11/h11-13,16H,6-10H2,1-5H3. The molecule has 2 aliphatic rings. The van der Waals surface area contributed by atoms with Crippen molar-refractivity contribution < 1.29 is 0 Å². The second-order valence-corrected chi connectivity index (χ2v) is 6.97. The Hall–Kier alpha value is -0.0400. The summed E-state index contributed by atoms with van der Waals surface area (Å²) >= 11 is 0. The van der Waals surface area contributed by atoms with E-state index < -0.39 is 0 Å². The molecule has 2 saturated carbocycles. The zero-order valence-corrected chi connectivity index (χ0v) is 11.8. The van der Waals surface area contributed by atoms with E-state index in [9.17, 15) is 0 Å². The van der Waals surface area contributed by atoms with Crippen LogP contribution in [0.25, 0.3) is 0 Å². The fourth-order valence-corrected chi connectivity index (χ4v) is 5.10. The van der Waals surface area contributed by atoms with Crippen molar-refractivity contribution in [1.29, 1.82) is 0 Å². The summed E-state index contributed by atoms with van der Waals surface area (Å²) in [6.45, 7) is 13.3. The molecule has 4 unspecified atom stereocenters. The topological polar surface area (TPSA) is 12.0 Å². The van der Waals surface area contributed by atoms with Crippen LogP contribution in [-0.4, -0.2) is 12.6 Å². The van der Waals surface area contributed by atoms with E-state index in [0.29, 0.717) is 10.8 Å². The lowest BCUT2D eigenvalue weighted by Crippen LogP contribution is -2.49. The van der Waals surface area contributed by atoms with Gasteiger partial charge in [0.2, 0.25) is 0 Å². The zero-order valence-electron chi connectivity index (χ0n) is 11.8. The Morgan fingerprint density at radius 2 is 1.94 bits per heavy atom. The van der Waals surface area contributed by atoms with Crippen molar-refractivity contribution in [3.05, 3.63) is 0 Å². The quantitative estimate of drug-likeness (QED) is 0.763. The van der Waals surface area contributed by atoms with Crippen LogP contribution in [-0.2, 0) is 0 Å². The number of fused-ring (bicyclic) bond motifs is 2. The van der Waals surface area contributed by atoms with Crippen LogP contribution in [0.4, 0.5) is 0 Å².